The first kappa shape index (κ1) is 12.8. The number of sulfonamides is 1. The number of para-hydroxylation sites is 2. The molecule has 0 aliphatic carbocycles. The van der Waals surface area contributed by atoms with Crippen molar-refractivity contribution in [1.82, 2.24) is 0 Å². The molecule has 16 heavy (non-hydrogen) atoms. The quantitative estimate of drug-likeness (QED) is 0.779. The second kappa shape index (κ2) is 5.75. The molecule has 0 saturated carbocycles. The molecule has 4 nitrogen and oxygen atoms in total. The van der Waals surface area contributed by atoms with Gasteiger partial charge in [0, 0.05) is 0 Å². The van der Waals surface area contributed by atoms with Gasteiger partial charge < -0.3 is 4.74 Å². The van der Waals surface area contributed by atoms with Gasteiger partial charge in [0.1, 0.15) is 12.4 Å². The average Bonchev–Trinajstić information content (AvgIpc) is 2.19. The monoisotopic (exact) mass is 242 g/mol. The molecule has 0 atom stereocenters. The van der Waals surface area contributed by atoms with E-state index in [9.17, 15) is 8.42 Å². The fourth-order valence-electron chi connectivity index (χ4n) is 1.12. The van der Waals surface area contributed by atoms with Crippen molar-refractivity contribution in [2.24, 2.45) is 0 Å². The maximum Gasteiger partial charge on any atom is 0.229 e. The van der Waals surface area contributed by atoms with Crippen LogP contribution in [0.4, 0.5) is 5.69 Å². The first-order valence-corrected chi connectivity index (χ1v) is 6.97. The van der Waals surface area contributed by atoms with Crippen molar-refractivity contribution in [2.45, 2.75) is 19.8 Å². The summed E-state index contributed by atoms with van der Waals surface area (Å²) in [5.41, 5.74) is 0.456. The third kappa shape index (κ3) is 4.53. The highest BCUT2D eigenvalue weighted by Gasteiger charge is 2.07. The van der Waals surface area contributed by atoms with Crippen LogP contribution in [0.15, 0.2) is 24.3 Å². The second-order valence-electron chi connectivity index (χ2n) is 3.44. The van der Waals surface area contributed by atoms with E-state index in [0.717, 1.165) is 19.1 Å². The molecule has 0 aliphatic heterocycles. The van der Waals surface area contributed by atoms with Crippen molar-refractivity contribution in [1.29, 1.82) is 0 Å². The van der Waals surface area contributed by atoms with Crippen LogP contribution in [-0.2, 0) is 10.0 Å². The van der Waals surface area contributed by atoms with Crippen molar-refractivity contribution in [3.8, 4) is 5.75 Å². The van der Waals surface area contributed by atoms with Gasteiger partial charge in [-0.05, 0) is 18.6 Å². The summed E-state index contributed by atoms with van der Waals surface area (Å²) in [5.74, 6) is 0.515. The minimum atomic E-state index is -3.27. The molecule has 0 spiro atoms. The van der Waals surface area contributed by atoms with Crippen LogP contribution < -0.4 is 9.46 Å². The molecular formula is C11H16NO3S. The van der Waals surface area contributed by atoms with E-state index in [2.05, 4.69) is 4.72 Å². The van der Waals surface area contributed by atoms with Crippen LogP contribution >= 0.6 is 0 Å². The molecule has 1 aromatic rings. The second-order valence-corrected chi connectivity index (χ2v) is 5.19. The van der Waals surface area contributed by atoms with E-state index in [1.54, 1.807) is 30.9 Å². The number of anilines is 1. The average molecular weight is 242 g/mol. The highest BCUT2D eigenvalue weighted by Crippen LogP contribution is 2.25. The Labute approximate surface area is 96.7 Å². The van der Waals surface area contributed by atoms with Gasteiger partial charge in [0.15, 0.2) is 0 Å². The van der Waals surface area contributed by atoms with Crippen LogP contribution in [0.1, 0.15) is 19.8 Å². The van der Waals surface area contributed by atoms with Crippen molar-refractivity contribution in [3.05, 3.63) is 30.9 Å². The number of ether oxygens (including phenoxy) is 1. The topological polar surface area (TPSA) is 55.4 Å². The fraction of sp³-hybridized carbons (Fsp3) is 0.364. The number of rotatable bonds is 6. The molecular weight excluding hydrogens is 226 g/mol. The number of unbranched alkanes of at least 4 members (excludes halogenated alkanes) is 1. The van der Waals surface area contributed by atoms with Crippen LogP contribution in [0.3, 0.4) is 0 Å². The van der Waals surface area contributed by atoms with Gasteiger partial charge in [-0.15, -0.1) is 0 Å². The lowest BCUT2D eigenvalue weighted by molar-refractivity contribution is 0.391. The standard InChI is InChI=1S/C11H16NO3S/c1-3-4-9-15-11-8-6-5-7-10(11)12-16(2,13)14/h5-9,12H,3-4H2,1-2H3. The summed E-state index contributed by atoms with van der Waals surface area (Å²) in [6.45, 7) is 3.71. The highest BCUT2D eigenvalue weighted by molar-refractivity contribution is 7.92. The van der Waals surface area contributed by atoms with Gasteiger partial charge in [-0.1, -0.05) is 25.5 Å². The zero-order valence-electron chi connectivity index (χ0n) is 9.43. The molecule has 0 heterocycles. The van der Waals surface area contributed by atoms with Gasteiger partial charge in [0.05, 0.1) is 11.9 Å². The Morgan fingerprint density at radius 1 is 1.38 bits per heavy atom. The van der Waals surface area contributed by atoms with Gasteiger partial charge in [-0.3, -0.25) is 4.72 Å². The number of benzene rings is 1. The van der Waals surface area contributed by atoms with Crippen molar-refractivity contribution in [2.75, 3.05) is 11.0 Å². The molecule has 0 aliphatic rings. The SMILES string of the molecule is CCC[CH]Oc1ccccc1NS(C)(=O)=O. The first-order valence-electron chi connectivity index (χ1n) is 5.08. The third-order valence-electron chi connectivity index (χ3n) is 1.80. The Hall–Kier alpha value is -1.23. The summed E-state index contributed by atoms with van der Waals surface area (Å²) in [6, 6.07) is 6.93. The zero-order chi connectivity index (χ0) is 12.0. The summed E-state index contributed by atoms with van der Waals surface area (Å²) in [4.78, 5) is 0. The minimum Gasteiger partial charge on any atom is -0.484 e. The van der Waals surface area contributed by atoms with E-state index in [4.69, 9.17) is 4.74 Å². The van der Waals surface area contributed by atoms with E-state index in [1.807, 2.05) is 6.92 Å². The molecule has 0 aromatic heterocycles. The lowest BCUT2D eigenvalue weighted by Gasteiger charge is -2.10. The number of hydrogen-bond donors (Lipinski definition) is 1. The lowest BCUT2D eigenvalue weighted by atomic mass is 10.3. The minimum absolute atomic E-state index is 0.456. The Morgan fingerprint density at radius 2 is 2.06 bits per heavy atom. The summed E-state index contributed by atoms with van der Waals surface area (Å²) < 4.78 is 30.0. The Morgan fingerprint density at radius 3 is 2.69 bits per heavy atom. The molecule has 0 amide bonds. The van der Waals surface area contributed by atoms with Crippen molar-refractivity contribution in [3.63, 3.8) is 0 Å². The first-order chi connectivity index (χ1) is 7.53. The smallest absolute Gasteiger partial charge is 0.229 e. The van der Waals surface area contributed by atoms with Gasteiger partial charge >= 0.3 is 0 Å². The lowest BCUT2D eigenvalue weighted by Crippen LogP contribution is -2.10. The predicted molar refractivity (Wildman–Crippen MR) is 64.7 cm³/mol. The summed E-state index contributed by atoms with van der Waals surface area (Å²) in [5, 5.41) is 0. The maximum atomic E-state index is 11.1. The summed E-state index contributed by atoms with van der Waals surface area (Å²) in [6.07, 6.45) is 2.93. The Balaban J connectivity index is 2.75. The molecule has 0 saturated heterocycles. The highest BCUT2D eigenvalue weighted by atomic mass is 32.2. The molecule has 1 rings (SSSR count). The van der Waals surface area contributed by atoms with E-state index in [1.165, 1.54) is 0 Å². The van der Waals surface area contributed by atoms with Gasteiger partial charge in [-0.25, -0.2) is 8.42 Å². The summed E-state index contributed by atoms with van der Waals surface area (Å²) >= 11 is 0. The predicted octanol–water partition coefficient (Wildman–Crippen LogP) is 2.40. The van der Waals surface area contributed by atoms with Crippen molar-refractivity contribution < 1.29 is 13.2 Å². The Bertz CT molecular complexity index is 429. The van der Waals surface area contributed by atoms with Crippen LogP contribution in [0.5, 0.6) is 5.75 Å². The molecule has 0 fully saturated rings. The van der Waals surface area contributed by atoms with Crippen LogP contribution in [0.25, 0.3) is 0 Å². The van der Waals surface area contributed by atoms with E-state index < -0.39 is 10.0 Å². The van der Waals surface area contributed by atoms with E-state index in [-0.39, 0.29) is 0 Å². The van der Waals surface area contributed by atoms with Crippen molar-refractivity contribution >= 4 is 15.7 Å². The number of hydrogen-bond acceptors (Lipinski definition) is 3. The molecule has 1 radical (unpaired) electrons. The number of nitrogens with one attached hydrogen (secondary N) is 1. The molecule has 0 bridgehead atoms. The fourth-order valence-corrected chi connectivity index (χ4v) is 1.69. The van der Waals surface area contributed by atoms with Crippen LogP contribution in [0, 0.1) is 6.61 Å². The molecule has 1 N–H and O–H groups in total. The third-order valence-corrected chi connectivity index (χ3v) is 2.39. The van der Waals surface area contributed by atoms with Gasteiger partial charge in [0.2, 0.25) is 10.0 Å². The van der Waals surface area contributed by atoms with Crippen LogP contribution in [-0.4, -0.2) is 14.7 Å². The van der Waals surface area contributed by atoms with Gasteiger partial charge in [-0.2, -0.15) is 0 Å². The molecule has 5 heteroatoms. The van der Waals surface area contributed by atoms with E-state index >= 15 is 0 Å². The largest absolute Gasteiger partial charge is 0.484 e. The normalized spacial score (nSPS) is 11.1. The molecule has 0 unspecified atom stereocenters. The van der Waals surface area contributed by atoms with E-state index in [0.29, 0.717) is 11.4 Å². The van der Waals surface area contributed by atoms with Gasteiger partial charge in [0.25, 0.3) is 0 Å². The maximum absolute atomic E-state index is 11.1. The molecule has 89 valence electrons. The summed E-state index contributed by atoms with van der Waals surface area (Å²) in [7, 11) is -3.27. The Kier molecular flexibility index (Phi) is 4.61. The molecule has 1 aromatic carbocycles. The van der Waals surface area contributed by atoms with Crippen LogP contribution in [0.2, 0.25) is 0 Å². The zero-order valence-corrected chi connectivity index (χ0v) is 10.3.